The zero-order valence-electron chi connectivity index (χ0n) is 9.13. The summed E-state index contributed by atoms with van der Waals surface area (Å²) in [4.78, 5) is 24.0. The molecule has 86 valence electrons. The van der Waals surface area contributed by atoms with Gasteiger partial charge in [-0.25, -0.2) is 15.0 Å². The number of hydrogen-bond donors (Lipinski definition) is 1. The molecule has 1 amide bonds. The number of imidazole rings is 1. The molecule has 0 aliphatic heterocycles. The molecule has 6 nitrogen and oxygen atoms in total. The van der Waals surface area contributed by atoms with Gasteiger partial charge in [-0.1, -0.05) is 0 Å². The van der Waals surface area contributed by atoms with Crippen molar-refractivity contribution in [2.45, 2.75) is 19.3 Å². The molecule has 0 bridgehead atoms. The molecule has 0 aromatic carbocycles. The lowest BCUT2D eigenvalue weighted by molar-refractivity contribution is 0.0994. The Morgan fingerprint density at radius 2 is 2.24 bits per heavy atom. The van der Waals surface area contributed by atoms with Gasteiger partial charge in [0, 0.05) is 23.7 Å². The molecule has 0 radical (unpaired) electrons. The topological polar surface area (TPSA) is 86.7 Å². The second-order valence-electron chi connectivity index (χ2n) is 3.99. The Labute approximate surface area is 97.5 Å². The summed E-state index contributed by atoms with van der Waals surface area (Å²) in [6.45, 7) is 0. The summed E-state index contributed by atoms with van der Waals surface area (Å²) in [6.07, 6.45) is 7.68. The van der Waals surface area contributed by atoms with Gasteiger partial charge in [-0.05, 0) is 19.3 Å². The Bertz CT molecular complexity index is 576. The van der Waals surface area contributed by atoms with E-state index in [0.717, 1.165) is 30.5 Å². The molecule has 0 unspecified atom stereocenters. The fraction of sp³-hybridized carbons (Fsp3) is 0.273. The average Bonchev–Trinajstić information content (AvgIpc) is 2.98. The number of aromatic nitrogens is 4. The lowest BCUT2D eigenvalue weighted by Gasteiger charge is -2.07. The third-order valence-corrected chi connectivity index (χ3v) is 2.89. The highest BCUT2D eigenvalue weighted by atomic mass is 16.1. The van der Waals surface area contributed by atoms with Gasteiger partial charge in [0.1, 0.15) is 12.0 Å². The summed E-state index contributed by atoms with van der Waals surface area (Å²) in [5.41, 5.74) is 7.53. The standard InChI is InChI=1S/C11H11N5O/c12-10(17)9-7-2-1-3-8(7)14-11(15-9)16-5-4-13-6-16/h4-6H,1-3H2,(H2,12,17). The SMILES string of the molecule is NC(=O)c1nc(-n2ccnc2)nc2c1CCC2. The van der Waals surface area contributed by atoms with E-state index < -0.39 is 5.91 Å². The Kier molecular flexibility index (Phi) is 2.14. The van der Waals surface area contributed by atoms with Gasteiger partial charge in [-0.3, -0.25) is 9.36 Å². The van der Waals surface area contributed by atoms with Crippen molar-refractivity contribution in [3.05, 3.63) is 35.7 Å². The Hall–Kier alpha value is -2.24. The average molecular weight is 229 g/mol. The number of carbonyl (C=O) groups excluding carboxylic acids is 1. The van der Waals surface area contributed by atoms with Gasteiger partial charge < -0.3 is 5.73 Å². The normalized spacial score (nSPS) is 13.6. The Morgan fingerprint density at radius 1 is 1.35 bits per heavy atom. The lowest BCUT2D eigenvalue weighted by atomic mass is 10.2. The molecular formula is C11H11N5O. The van der Waals surface area contributed by atoms with Crippen molar-refractivity contribution in [1.29, 1.82) is 0 Å². The third-order valence-electron chi connectivity index (χ3n) is 2.89. The van der Waals surface area contributed by atoms with Crippen molar-refractivity contribution < 1.29 is 4.79 Å². The minimum Gasteiger partial charge on any atom is -0.364 e. The van der Waals surface area contributed by atoms with Crippen LogP contribution in [0.1, 0.15) is 28.2 Å². The second kappa shape index (κ2) is 3.65. The molecule has 2 heterocycles. The number of aryl methyl sites for hydroxylation is 1. The molecule has 0 saturated carbocycles. The molecule has 1 aliphatic carbocycles. The van der Waals surface area contributed by atoms with E-state index in [1.54, 1.807) is 23.3 Å². The molecule has 2 N–H and O–H groups in total. The number of nitrogens with two attached hydrogens (primary N) is 1. The van der Waals surface area contributed by atoms with E-state index in [2.05, 4.69) is 15.0 Å². The van der Waals surface area contributed by atoms with Crippen LogP contribution in [0.2, 0.25) is 0 Å². The molecule has 1 aliphatic rings. The summed E-state index contributed by atoms with van der Waals surface area (Å²) in [6, 6.07) is 0. The van der Waals surface area contributed by atoms with Gasteiger partial charge in [0.2, 0.25) is 5.95 Å². The first-order valence-electron chi connectivity index (χ1n) is 5.43. The van der Waals surface area contributed by atoms with E-state index in [0.29, 0.717) is 11.6 Å². The van der Waals surface area contributed by atoms with Crippen LogP contribution in [-0.2, 0) is 12.8 Å². The van der Waals surface area contributed by atoms with Crippen molar-refractivity contribution in [3.8, 4) is 5.95 Å². The minimum absolute atomic E-state index is 0.344. The fourth-order valence-corrected chi connectivity index (χ4v) is 2.12. The summed E-state index contributed by atoms with van der Waals surface area (Å²) in [5.74, 6) is -0.0381. The van der Waals surface area contributed by atoms with Gasteiger partial charge in [0.05, 0.1) is 0 Å². The predicted octanol–water partition coefficient (Wildman–Crippen LogP) is 0.250. The van der Waals surface area contributed by atoms with Crippen LogP contribution in [0.5, 0.6) is 0 Å². The van der Waals surface area contributed by atoms with Crippen LogP contribution >= 0.6 is 0 Å². The largest absolute Gasteiger partial charge is 0.364 e. The number of amides is 1. The van der Waals surface area contributed by atoms with Crippen molar-refractivity contribution >= 4 is 5.91 Å². The van der Waals surface area contributed by atoms with Gasteiger partial charge in [-0.2, -0.15) is 0 Å². The zero-order valence-corrected chi connectivity index (χ0v) is 9.13. The van der Waals surface area contributed by atoms with Gasteiger partial charge in [0.15, 0.2) is 0 Å². The number of carbonyl (C=O) groups is 1. The fourth-order valence-electron chi connectivity index (χ4n) is 2.12. The molecule has 3 rings (SSSR count). The van der Waals surface area contributed by atoms with E-state index in [1.165, 1.54) is 0 Å². The van der Waals surface area contributed by atoms with Gasteiger partial charge in [0.25, 0.3) is 5.91 Å². The van der Waals surface area contributed by atoms with Crippen LogP contribution in [-0.4, -0.2) is 25.4 Å². The predicted molar refractivity (Wildman–Crippen MR) is 59.7 cm³/mol. The highest BCUT2D eigenvalue weighted by molar-refractivity contribution is 5.92. The summed E-state index contributed by atoms with van der Waals surface area (Å²) >= 11 is 0. The smallest absolute Gasteiger partial charge is 0.267 e. The maximum absolute atomic E-state index is 11.4. The van der Waals surface area contributed by atoms with Crippen molar-refractivity contribution in [1.82, 2.24) is 19.5 Å². The third kappa shape index (κ3) is 1.57. The van der Waals surface area contributed by atoms with Gasteiger partial charge in [-0.15, -0.1) is 0 Å². The molecule has 6 heteroatoms. The van der Waals surface area contributed by atoms with Crippen molar-refractivity contribution in [3.63, 3.8) is 0 Å². The minimum atomic E-state index is -0.494. The van der Waals surface area contributed by atoms with E-state index in [-0.39, 0.29) is 0 Å². The molecule has 0 spiro atoms. The lowest BCUT2D eigenvalue weighted by Crippen LogP contribution is -2.18. The first kappa shape index (κ1) is 9.95. The number of nitrogens with zero attached hydrogens (tertiary/aromatic N) is 4. The molecule has 2 aromatic rings. The van der Waals surface area contributed by atoms with Crippen molar-refractivity contribution in [2.24, 2.45) is 5.73 Å². The maximum Gasteiger partial charge on any atom is 0.267 e. The van der Waals surface area contributed by atoms with E-state index in [1.807, 2.05) is 0 Å². The molecule has 17 heavy (non-hydrogen) atoms. The highest BCUT2D eigenvalue weighted by Gasteiger charge is 2.22. The van der Waals surface area contributed by atoms with E-state index in [4.69, 9.17) is 5.73 Å². The van der Waals surface area contributed by atoms with Crippen molar-refractivity contribution in [2.75, 3.05) is 0 Å². The first-order chi connectivity index (χ1) is 8.25. The highest BCUT2D eigenvalue weighted by Crippen LogP contribution is 2.23. The Morgan fingerprint density at radius 3 is 2.94 bits per heavy atom. The van der Waals surface area contributed by atoms with Gasteiger partial charge >= 0.3 is 0 Å². The van der Waals surface area contributed by atoms with Crippen LogP contribution in [0.3, 0.4) is 0 Å². The second-order valence-corrected chi connectivity index (χ2v) is 3.99. The number of primary amides is 1. The Balaban J connectivity index is 2.20. The van der Waals surface area contributed by atoms with Crippen LogP contribution < -0.4 is 5.73 Å². The summed E-state index contributed by atoms with van der Waals surface area (Å²) < 4.78 is 1.67. The molecule has 0 saturated heterocycles. The molecule has 0 fully saturated rings. The molecular weight excluding hydrogens is 218 g/mol. The monoisotopic (exact) mass is 229 g/mol. The maximum atomic E-state index is 11.4. The number of fused-ring (bicyclic) bond motifs is 1. The summed E-state index contributed by atoms with van der Waals surface area (Å²) in [5, 5.41) is 0. The molecule has 2 aromatic heterocycles. The van der Waals surface area contributed by atoms with E-state index in [9.17, 15) is 4.79 Å². The first-order valence-corrected chi connectivity index (χ1v) is 5.43. The van der Waals surface area contributed by atoms with E-state index >= 15 is 0 Å². The van der Waals surface area contributed by atoms with Crippen LogP contribution in [0.25, 0.3) is 5.95 Å². The zero-order chi connectivity index (χ0) is 11.8. The summed E-state index contributed by atoms with van der Waals surface area (Å²) in [7, 11) is 0. The van der Waals surface area contributed by atoms with Crippen LogP contribution in [0.4, 0.5) is 0 Å². The quantitative estimate of drug-likeness (QED) is 0.799. The van der Waals surface area contributed by atoms with Crippen LogP contribution in [0.15, 0.2) is 18.7 Å². The number of rotatable bonds is 2. The van der Waals surface area contributed by atoms with Crippen LogP contribution in [0, 0.1) is 0 Å². The molecule has 0 atom stereocenters. The number of hydrogen-bond acceptors (Lipinski definition) is 4.